The van der Waals surface area contributed by atoms with Crippen LogP contribution in [-0.2, 0) is 42.9 Å². The highest BCUT2D eigenvalue weighted by atomic mass is 32.2. The van der Waals surface area contributed by atoms with Crippen molar-refractivity contribution in [3.8, 4) is 0 Å². The average Bonchev–Trinajstić information content (AvgIpc) is 3.87. The molecule has 0 bridgehead atoms. The minimum absolute atomic E-state index is 0.0144. The van der Waals surface area contributed by atoms with Crippen molar-refractivity contribution < 1.29 is 42.9 Å². The van der Waals surface area contributed by atoms with Crippen LogP contribution >= 0.6 is 11.8 Å². The van der Waals surface area contributed by atoms with Crippen LogP contribution < -0.4 is 16.0 Å². The number of carbonyl (C=O) groups is 5. The molecule has 1 aromatic rings. The smallest absolute Gasteiger partial charge is 0.252 e. The number of ether oxygens (including phenoxy) is 4. The molecule has 2 aliphatic rings. The van der Waals surface area contributed by atoms with Gasteiger partial charge in [0.05, 0.1) is 24.6 Å². The van der Waals surface area contributed by atoms with Gasteiger partial charge in [0.25, 0.3) is 5.91 Å². The van der Waals surface area contributed by atoms with E-state index in [9.17, 15) is 24.0 Å². The maximum atomic E-state index is 14.3. The maximum absolute atomic E-state index is 14.3. The van der Waals surface area contributed by atoms with Crippen molar-refractivity contribution in [3.05, 3.63) is 35.9 Å². The number of likely N-dealkylation sites (N-methyl/N-ethyl adjacent to an activating group) is 3. The molecular weight excluding hydrogens is 753 g/mol. The van der Waals surface area contributed by atoms with Gasteiger partial charge in [0.15, 0.2) is 6.10 Å². The van der Waals surface area contributed by atoms with Crippen molar-refractivity contribution in [3.63, 3.8) is 0 Å². The van der Waals surface area contributed by atoms with Gasteiger partial charge in [-0.1, -0.05) is 78.3 Å². The molecule has 0 aromatic heterocycles. The standard InChI is InChI=1S/C41H66N6O9S/c1-13-25(6)33(47(9)41(52)32(24(4)5)46(8)40(51)30(42-7)23(2)3)27(53-10)21-29(48)44-22-28-35(54-11)36(55-12)37(56-28)38(50)45-31(26-17-15-14-16-18-26)34(49)39-43-19-20-57-39/h14-18,23-25,27-28,30-33,35-37,42H,13,19-22H2,1-12H3,(H,44,48)(H,45,50)/t25-,27?,28+,30-,31-,32-,33-,35+,36-,37-/m0/s1. The highest BCUT2D eigenvalue weighted by Gasteiger charge is 2.50. The minimum Gasteiger partial charge on any atom is -0.379 e. The lowest BCUT2D eigenvalue weighted by atomic mass is 9.89. The normalized spacial score (nSPS) is 22.6. The van der Waals surface area contributed by atoms with Crippen LogP contribution in [-0.4, -0.2) is 154 Å². The summed E-state index contributed by atoms with van der Waals surface area (Å²) in [6.07, 6.45) is -3.56. The molecule has 57 heavy (non-hydrogen) atoms. The third kappa shape index (κ3) is 11.8. The molecule has 3 N–H and O–H groups in total. The van der Waals surface area contributed by atoms with E-state index < -0.39 is 60.6 Å². The van der Waals surface area contributed by atoms with Crippen LogP contribution in [0.3, 0.4) is 0 Å². The number of benzene rings is 1. The van der Waals surface area contributed by atoms with E-state index in [1.807, 2.05) is 47.6 Å². The molecule has 15 nitrogen and oxygen atoms in total. The summed E-state index contributed by atoms with van der Waals surface area (Å²) < 4.78 is 23.6. The number of carbonyl (C=O) groups excluding carboxylic acids is 5. The summed E-state index contributed by atoms with van der Waals surface area (Å²) in [5.74, 6) is -1.17. The van der Waals surface area contributed by atoms with Crippen LogP contribution in [0.4, 0.5) is 0 Å². The van der Waals surface area contributed by atoms with Crippen LogP contribution in [0.25, 0.3) is 0 Å². The molecule has 16 heteroatoms. The van der Waals surface area contributed by atoms with Crippen LogP contribution in [0.1, 0.15) is 66.0 Å². The van der Waals surface area contributed by atoms with Gasteiger partial charge in [-0.2, -0.15) is 0 Å². The highest BCUT2D eigenvalue weighted by Crippen LogP contribution is 2.29. The summed E-state index contributed by atoms with van der Waals surface area (Å²) in [4.78, 5) is 76.3. The molecule has 2 heterocycles. The van der Waals surface area contributed by atoms with Crippen LogP contribution in [0.15, 0.2) is 35.3 Å². The van der Waals surface area contributed by atoms with E-state index in [1.165, 1.54) is 38.0 Å². The fraction of sp³-hybridized carbons (Fsp3) is 0.707. The molecule has 0 radical (unpaired) electrons. The number of methoxy groups -OCH3 is 3. The van der Waals surface area contributed by atoms with E-state index in [0.717, 1.165) is 0 Å². The van der Waals surface area contributed by atoms with E-state index in [1.54, 1.807) is 50.3 Å². The minimum atomic E-state index is -1.15. The zero-order chi connectivity index (χ0) is 42.6. The Morgan fingerprint density at radius 2 is 1.58 bits per heavy atom. The van der Waals surface area contributed by atoms with Gasteiger partial charge in [-0.05, 0) is 30.4 Å². The van der Waals surface area contributed by atoms with E-state index >= 15 is 0 Å². The summed E-state index contributed by atoms with van der Waals surface area (Å²) >= 11 is 1.36. The van der Waals surface area contributed by atoms with Gasteiger partial charge >= 0.3 is 0 Å². The van der Waals surface area contributed by atoms with Gasteiger partial charge in [0.2, 0.25) is 23.5 Å². The van der Waals surface area contributed by atoms with Gasteiger partial charge in [0.1, 0.15) is 35.4 Å². The van der Waals surface area contributed by atoms with Crippen molar-refractivity contribution >= 4 is 46.2 Å². The van der Waals surface area contributed by atoms with Crippen molar-refractivity contribution in [2.45, 2.75) is 109 Å². The fourth-order valence-corrected chi connectivity index (χ4v) is 8.65. The molecular formula is C41H66N6O9S. The topological polar surface area (TPSA) is 177 Å². The molecule has 0 spiro atoms. The largest absolute Gasteiger partial charge is 0.379 e. The predicted molar refractivity (Wildman–Crippen MR) is 221 cm³/mol. The lowest BCUT2D eigenvalue weighted by molar-refractivity contribution is -0.152. The number of hydrogen-bond donors (Lipinski definition) is 3. The number of aliphatic imine (C=N–C) groups is 1. The third-order valence-electron chi connectivity index (χ3n) is 11.1. The van der Waals surface area contributed by atoms with Crippen molar-refractivity contribution in [2.24, 2.45) is 22.7 Å². The van der Waals surface area contributed by atoms with E-state index in [-0.39, 0.29) is 54.2 Å². The Balaban J connectivity index is 1.75. The van der Waals surface area contributed by atoms with E-state index in [4.69, 9.17) is 18.9 Å². The number of amides is 4. The van der Waals surface area contributed by atoms with E-state index in [2.05, 4.69) is 20.9 Å². The first-order valence-electron chi connectivity index (χ1n) is 19.9. The lowest BCUT2D eigenvalue weighted by Crippen LogP contribution is -2.59. The second-order valence-corrected chi connectivity index (χ2v) is 16.6. The predicted octanol–water partition coefficient (Wildman–Crippen LogP) is 2.48. The molecule has 0 saturated carbocycles. The zero-order valence-corrected chi connectivity index (χ0v) is 36.6. The first kappa shape index (κ1) is 48.0. The number of ketones is 1. The van der Waals surface area contributed by atoms with Gasteiger partial charge in [0, 0.05) is 54.3 Å². The number of hydrogen-bond acceptors (Lipinski definition) is 12. The Hall–Kier alpha value is -3.41. The number of nitrogens with one attached hydrogen (secondary N) is 3. The van der Waals surface area contributed by atoms with E-state index in [0.29, 0.717) is 29.3 Å². The first-order valence-corrected chi connectivity index (χ1v) is 20.8. The number of rotatable bonds is 22. The summed E-state index contributed by atoms with van der Waals surface area (Å²) in [5, 5.41) is 9.23. The molecule has 1 fully saturated rings. The summed E-state index contributed by atoms with van der Waals surface area (Å²) in [5.41, 5.74) is 0.606. The van der Waals surface area contributed by atoms with Crippen molar-refractivity contribution in [1.82, 2.24) is 25.8 Å². The average molecular weight is 819 g/mol. The maximum Gasteiger partial charge on any atom is 0.252 e. The molecule has 4 amide bonds. The second kappa shape index (κ2) is 22.7. The molecule has 1 saturated heterocycles. The zero-order valence-electron chi connectivity index (χ0n) is 35.8. The molecule has 320 valence electrons. The number of Topliss-reactive ketones (excluding diaryl/α,β-unsaturated/α-hetero) is 1. The Kier molecular flexibility index (Phi) is 19.1. The first-order chi connectivity index (χ1) is 27.1. The Bertz CT molecular complexity index is 1530. The van der Waals surface area contributed by atoms with Gasteiger partial charge in [-0.15, -0.1) is 11.8 Å². The lowest BCUT2D eigenvalue weighted by Gasteiger charge is -2.42. The van der Waals surface area contributed by atoms with Crippen LogP contribution in [0.5, 0.6) is 0 Å². The fourth-order valence-electron chi connectivity index (χ4n) is 7.83. The molecule has 0 aliphatic carbocycles. The summed E-state index contributed by atoms with van der Waals surface area (Å²) in [6.45, 7) is 12.3. The van der Waals surface area contributed by atoms with Gasteiger partial charge in [-0.25, -0.2) is 0 Å². The SMILES string of the molecule is CC[C@H](C)[C@@H](C(CC(=O)NC[C@H]1O[C@H](C(=O)N[C@H](C(=O)C2=NCCS2)c2ccccc2)[C@@H](OC)[C@@H]1OC)OC)N(C)C(=O)[C@H](C(C)C)N(C)C(=O)[C@@H](NC)C(C)C. The van der Waals surface area contributed by atoms with Crippen LogP contribution in [0, 0.1) is 17.8 Å². The summed E-state index contributed by atoms with van der Waals surface area (Å²) in [7, 11) is 9.54. The number of thioether (sulfide) groups is 1. The van der Waals surface area contributed by atoms with Crippen molar-refractivity contribution in [1.29, 1.82) is 0 Å². The van der Waals surface area contributed by atoms with Gasteiger partial charge < -0.3 is 44.7 Å². The molecule has 3 rings (SSSR count). The Morgan fingerprint density at radius 1 is 0.930 bits per heavy atom. The number of nitrogens with zero attached hydrogens (tertiary/aromatic N) is 3. The van der Waals surface area contributed by atoms with Crippen molar-refractivity contribution in [2.75, 3.05) is 61.3 Å². The van der Waals surface area contributed by atoms with Crippen LogP contribution in [0.2, 0.25) is 0 Å². The molecule has 10 atom stereocenters. The van der Waals surface area contributed by atoms with Gasteiger partial charge in [-0.3, -0.25) is 29.0 Å². The Morgan fingerprint density at radius 3 is 2.09 bits per heavy atom. The third-order valence-corrected chi connectivity index (χ3v) is 12.1. The Labute approximate surface area is 343 Å². The molecule has 1 aromatic carbocycles. The monoisotopic (exact) mass is 818 g/mol. The highest BCUT2D eigenvalue weighted by molar-refractivity contribution is 8.16. The molecule has 1 unspecified atom stereocenters. The summed E-state index contributed by atoms with van der Waals surface area (Å²) in [6, 6.07) is 6.28. The quantitative estimate of drug-likeness (QED) is 0.157. The second-order valence-electron chi connectivity index (χ2n) is 15.5. The molecule has 2 aliphatic heterocycles.